The molecule has 0 spiro atoms. The molecular weight excluding hydrogens is 337 g/mol. The van der Waals surface area contributed by atoms with Crippen molar-refractivity contribution in [3.8, 4) is 17.1 Å². The highest BCUT2D eigenvalue weighted by molar-refractivity contribution is 9.10. The Kier molecular flexibility index (Phi) is 3.62. The zero-order valence-electron chi connectivity index (χ0n) is 10.7. The molecule has 4 nitrogen and oxygen atoms in total. The van der Waals surface area contributed by atoms with Crippen molar-refractivity contribution in [2.75, 3.05) is 0 Å². The van der Waals surface area contributed by atoms with Crippen LogP contribution in [0, 0.1) is 5.82 Å². The molecule has 0 fully saturated rings. The minimum atomic E-state index is -0.374. The van der Waals surface area contributed by atoms with Gasteiger partial charge in [0.15, 0.2) is 12.1 Å². The third kappa shape index (κ3) is 2.75. The highest BCUT2D eigenvalue weighted by Crippen LogP contribution is 2.23. The number of pyridine rings is 1. The lowest BCUT2D eigenvalue weighted by Crippen LogP contribution is -1.97. The Labute approximate surface area is 128 Å². The Balaban J connectivity index is 2.10. The molecule has 3 rings (SSSR count). The number of aldehydes is 1. The molecule has 0 aliphatic carbocycles. The van der Waals surface area contributed by atoms with Crippen LogP contribution in [0.5, 0.6) is 0 Å². The van der Waals surface area contributed by atoms with Gasteiger partial charge >= 0.3 is 0 Å². The molecule has 0 saturated heterocycles. The lowest BCUT2D eigenvalue weighted by molar-refractivity contribution is 0.112. The van der Waals surface area contributed by atoms with Gasteiger partial charge in [-0.05, 0) is 40.2 Å². The Morgan fingerprint density at radius 1 is 1.24 bits per heavy atom. The Hall–Kier alpha value is -2.34. The number of hydrogen-bond acceptors (Lipinski definition) is 3. The number of hydrogen-bond donors (Lipinski definition) is 0. The average molecular weight is 346 g/mol. The van der Waals surface area contributed by atoms with Crippen LogP contribution in [-0.2, 0) is 0 Å². The standard InChI is InChI=1S/C15H9BrFN3O/c16-12-4-5-14(18-7-12)20-8-11(9-21)15(19-20)10-2-1-3-13(17)6-10/h1-9H. The molecular formula is C15H9BrFN3O. The van der Waals surface area contributed by atoms with Crippen LogP contribution in [0.4, 0.5) is 4.39 Å². The number of carbonyl (C=O) groups excluding carboxylic acids is 1. The number of halogens is 2. The topological polar surface area (TPSA) is 47.8 Å². The van der Waals surface area contributed by atoms with Gasteiger partial charge in [0.25, 0.3) is 0 Å². The van der Waals surface area contributed by atoms with Crippen LogP contribution in [0.3, 0.4) is 0 Å². The Morgan fingerprint density at radius 2 is 2.10 bits per heavy atom. The lowest BCUT2D eigenvalue weighted by atomic mass is 10.1. The van der Waals surface area contributed by atoms with Gasteiger partial charge in [-0.15, -0.1) is 0 Å². The van der Waals surface area contributed by atoms with Gasteiger partial charge in [-0.3, -0.25) is 4.79 Å². The second kappa shape index (κ2) is 5.57. The monoisotopic (exact) mass is 345 g/mol. The van der Waals surface area contributed by atoms with E-state index in [9.17, 15) is 9.18 Å². The summed E-state index contributed by atoms with van der Waals surface area (Å²) in [5.74, 6) is 0.199. The number of aromatic nitrogens is 3. The molecule has 0 aliphatic heterocycles. The summed E-state index contributed by atoms with van der Waals surface area (Å²) in [4.78, 5) is 15.4. The first kappa shape index (κ1) is 13.6. The highest BCUT2D eigenvalue weighted by atomic mass is 79.9. The molecule has 21 heavy (non-hydrogen) atoms. The molecule has 1 aromatic carbocycles. The fraction of sp³-hybridized carbons (Fsp3) is 0. The van der Waals surface area contributed by atoms with Crippen molar-refractivity contribution >= 4 is 22.2 Å². The van der Waals surface area contributed by atoms with Crippen LogP contribution in [-0.4, -0.2) is 21.1 Å². The molecule has 0 radical (unpaired) electrons. The number of carbonyl (C=O) groups is 1. The molecule has 3 aromatic rings. The molecule has 104 valence electrons. The van der Waals surface area contributed by atoms with Gasteiger partial charge in [0.2, 0.25) is 0 Å². The van der Waals surface area contributed by atoms with Gasteiger partial charge in [-0.25, -0.2) is 14.1 Å². The smallest absolute Gasteiger partial charge is 0.153 e. The molecule has 0 amide bonds. The van der Waals surface area contributed by atoms with Crippen molar-refractivity contribution < 1.29 is 9.18 Å². The predicted octanol–water partition coefficient (Wildman–Crippen LogP) is 3.65. The fourth-order valence-electron chi connectivity index (χ4n) is 1.95. The lowest BCUT2D eigenvalue weighted by Gasteiger charge is -2.00. The summed E-state index contributed by atoms with van der Waals surface area (Å²) in [6, 6.07) is 9.56. The predicted molar refractivity (Wildman–Crippen MR) is 79.8 cm³/mol. The zero-order chi connectivity index (χ0) is 14.8. The van der Waals surface area contributed by atoms with Crippen LogP contribution < -0.4 is 0 Å². The number of rotatable bonds is 3. The van der Waals surface area contributed by atoms with Crippen LogP contribution in [0.2, 0.25) is 0 Å². The van der Waals surface area contributed by atoms with Gasteiger partial charge in [-0.2, -0.15) is 5.10 Å². The maximum atomic E-state index is 13.3. The second-order valence-corrected chi connectivity index (χ2v) is 5.26. The minimum Gasteiger partial charge on any atom is -0.298 e. The van der Waals surface area contributed by atoms with E-state index in [-0.39, 0.29) is 5.82 Å². The maximum Gasteiger partial charge on any atom is 0.153 e. The summed E-state index contributed by atoms with van der Waals surface area (Å²) in [5, 5.41) is 4.33. The largest absolute Gasteiger partial charge is 0.298 e. The van der Waals surface area contributed by atoms with E-state index in [1.54, 1.807) is 30.6 Å². The number of nitrogens with zero attached hydrogens (tertiary/aromatic N) is 3. The van der Waals surface area contributed by atoms with Crippen molar-refractivity contribution in [2.45, 2.75) is 0 Å². The van der Waals surface area contributed by atoms with Crippen molar-refractivity contribution in [1.82, 2.24) is 14.8 Å². The highest BCUT2D eigenvalue weighted by Gasteiger charge is 2.12. The van der Waals surface area contributed by atoms with Crippen LogP contribution in [0.25, 0.3) is 17.1 Å². The van der Waals surface area contributed by atoms with Crippen LogP contribution in [0.1, 0.15) is 10.4 Å². The molecule has 0 N–H and O–H groups in total. The zero-order valence-corrected chi connectivity index (χ0v) is 12.3. The normalized spacial score (nSPS) is 10.6. The summed E-state index contributed by atoms with van der Waals surface area (Å²) in [5.41, 5.74) is 1.35. The molecule has 6 heteroatoms. The number of benzene rings is 1. The minimum absolute atomic E-state index is 0.374. The van der Waals surface area contributed by atoms with Gasteiger partial charge < -0.3 is 0 Å². The van der Waals surface area contributed by atoms with Crippen LogP contribution in [0.15, 0.2) is 53.3 Å². The van der Waals surface area contributed by atoms with Crippen molar-refractivity contribution in [2.24, 2.45) is 0 Å². The first-order chi connectivity index (χ1) is 10.2. The first-order valence-electron chi connectivity index (χ1n) is 6.10. The van der Waals surface area contributed by atoms with E-state index < -0.39 is 0 Å². The molecule has 0 saturated carbocycles. The summed E-state index contributed by atoms with van der Waals surface area (Å²) >= 11 is 3.31. The van der Waals surface area contributed by atoms with E-state index in [1.165, 1.54) is 16.8 Å². The molecule has 2 heterocycles. The SMILES string of the molecule is O=Cc1cn(-c2ccc(Br)cn2)nc1-c1cccc(F)c1. The summed E-state index contributed by atoms with van der Waals surface area (Å²) in [6.07, 6.45) is 3.91. The van der Waals surface area contributed by atoms with Crippen molar-refractivity contribution in [3.05, 3.63) is 64.6 Å². The maximum absolute atomic E-state index is 13.3. The van der Waals surface area contributed by atoms with E-state index in [0.717, 1.165) is 4.47 Å². The van der Waals surface area contributed by atoms with Gasteiger partial charge in [-0.1, -0.05) is 12.1 Å². The van der Waals surface area contributed by atoms with E-state index in [4.69, 9.17) is 0 Å². The summed E-state index contributed by atoms with van der Waals surface area (Å²) in [6.45, 7) is 0. The Bertz CT molecular complexity index is 799. The van der Waals surface area contributed by atoms with E-state index in [2.05, 4.69) is 26.0 Å². The molecule has 0 unspecified atom stereocenters. The average Bonchev–Trinajstić information content (AvgIpc) is 2.92. The quantitative estimate of drug-likeness (QED) is 0.680. The summed E-state index contributed by atoms with van der Waals surface area (Å²) in [7, 11) is 0. The van der Waals surface area contributed by atoms with Crippen LogP contribution >= 0.6 is 15.9 Å². The Morgan fingerprint density at radius 3 is 2.76 bits per heavy atom. The second-order valence-electron chi connectivity index (χ2n) is 4.34. The third-order valence-corrected chi connectivity index (χ3v) is 3.38. The molecule has 2 aromatic heterocycles. The van der Waals surface area contributed by atoms with E-state index >= 15 is 0 Å². The van der Waals surface area contributed by atoms with Gasteiger partial charge in [0.1, 0.15) is 11.5 Å². The van der Waals surface area contributed by atoms with E-state index in [1.807, 2.05) is 6.07 Å². The third-order valence-electron chi connectivity index (χ3n) is 2.91. The molecule has 0 atom stereocenters. The van der Waals surface area contributed by atoms with Gasteiger partial charge in [0, 0.05) is 22.4 Å². The fourth-order valence-corrected chi connectivity index (χ4v) is 2.19. The molecule has 0 aliphatic rings. The van der Waals surface area contributed by atoms with Gasteiger partial charge in [0.05, 0.1) is 5.56 Å². The van der Waals surface area contributed by atoms with Crippen molar-refractivity contribution in [1.29, 1.82) is 0 Å². The summed E-state index contributed by atoms with van der Waals surface area (Å²) < 4.78 is 15.7. The first-order valence-corrected chi connectivity index (χ1v) is 6.89. The van der Waals surface area contributed by atoms with Crippen molar-refractivity contribution in [3.63, 3.8) is 0 Å². The molecule has 0 bridgehead atoms. The van der Waals surface area contributed by atoms with E-state index in [0.29, 0.717) is 28.9 Å².